The van der Waals surface area contributed by atoms with E-state index in [0.717, 1.165) is 30.2 Å². The van der Waals surface area contributed by atoms with Crippen LogP contribution in [0.5, 0.6) is 17.2 Å². The monoisotopic (exact) mass is 265 g/mol. The summed E-state index contributed by atoms with van der Waals surface area (Å²) in [6.07, 6.45) is 0.982. The normalized spacial score (nSPS) is 13.4. The van der Waals surface area contributed by atoms with Crippen molar-refractivity contribution in [1.82, 2.24) is 5.32 Å². The number of guanidine groups is 1. The average molecular weight is 265 g/mol. The summed E-state index contributed by atoms with van der Waals surface area (Å²) in [5.41, 5.74) is 5.66. The van der Waals surface area contributed by atoms with Gasteiger partial charge in [-0.15, -0.1) is 0 Å². The van der Waals surface area contributed by atoms with Gasteiger partial charge >= 0.3 is 0 Å². The van der Waals surface area contributed by atoms with Gasteiger partial charge in [0.15, 0.2) is 17.5 Å². The zero-order chi connectivity index (χ0) is 13.5. The molecular formula is C13H19N3O3. The standard InChI is InChI=1S/C13H19N3O3/c1-2-5-15-13(14)16-6-7-17-10-3-4-11-12(8-10)19-9-18-11/h3-4,8H,2,5-7,9H2,1H3,(H3,14,15,16). The number of ether oxygens (including phenoxy) is 3. The SMILES string of the molecule is CCCN=C(N)NCCOc1ccc2c(c1)OCO2. The molecular weight excluding hydrogens is 246 g/mol. The van der Waals surface area contributed by atoms with Crippen LogP contribution in [0.4, 0.5) is 0 Å². The van der Waals surface area contributed by atoms with E-state index in [4.69, 9.17) is 19.9 Å². The Balaban J connectivity index is 1.71. The molecule has 0 aliphatic carbocycles. The molecule has 0 atom stereocenters. The average Bonchev–Trinajstić information content (AvgIpc) is 2.88. The van der Waals surface area contributed by atoms with Crippen molar-refractivity contribution in [2.75, 3.05) is 26.5 Å². The first kappa shape index (κ1) is 13.3. The van der Waals surface area contributed by atoms with Crippen LogP contribution in [0.15, 0.2) is 23.2 Å². The molecule has 6 nitrogen and oxygen atoms in total. The topological polar surface area (TPSA) is 78.1 Å². The van der Waals surface area contributed by atoms with Gasteiger partial charge in [0.05, 0.1) is 6.54 Å². The Bertz CT molecular complexity index is 449. The number of aliphatic imine (C=N–C) groups is 1. The molecule has 1 aromatic carbocycles. The summed E-state index contributed by atoms with van der Waals surface area (Å²) in [6.45, 7) is 4.17. The molecule has 0 radical (unpaired) electrons. The second-order valence-corrected chi connectivity index (χ2v) is 4.06. The number of nitrogens with two attached hydrogens (primary N) is 1. The summed E-state index contributed by atoms with van der Waals surface area (Å²) in [5, 5.41) is 2.99. The zero-order valence-electron chi connectivity index (χ0n) is 11.0. The Labute approximate surface area is 112 Å². The largest absolute Gasteiger partial charge is 0.492 e. The van der Waals surface area contributed by atoms with Gasteiger partial charge in [0.2, 0.25) is 6.79 Å². The minimum Gasteiger partial charge on any atom is -0.492 e. The lowest BCUT2D eigenvalue weighted by atomic mass is 10.3. The van der Waals surface area contributed by atoms with Crippen molar-refractivity contribution in [3.8, 4) is 17.2 Å². The fourth-order valence-electron chi connectivity index (χ4n) is 1.60. The Morgan fingerprint density at radius 1 is 1.42 bits per heavy atom. The number of benzene rings is 1. The van der Waals surface area contributed by atoms with Crippen LogP contribution < -0.4 is 25.3 Å². The molecule has 19 heavy (non-hydrogen) atoms. The highest BCUT2D eigenvalue weighted by atomic mass is 16.7. The number of nitrogens with one attached hydrogen (secondary N) is 1. The van der Waals surface area contributed by atoms with Crippen LogP contribution in [0.1, 0.15) is 13.3 Å². The van der Waals surface area contributed by atoms with Crippen molar-refractivity contribution in [3.05, 3.63) is 18.2 Å². The summed E-state index contributed by atoms with van der Waals surface area (Å²) in [5.74, 6) is 2.67. The van der Waals surface area contributed by atoms with Gasteiger partial charge in [-0.25, -0.2) is 0 Å². The van der Waals surface area contributed by atoms with Crippen molar-refractivity contribution in [2.24, 2.45) is 10.7 Å². The second-order valence-electron chi connectivity index (χ2n) is 4.06. The highest BCUT2D eigenvalue weighted by molar-refractivity contribution is 5.77. The molecule has 0 fully saturated rings. The summed E-state index contributed by atoms with van der Waals surface area (Å²) in [6, 6.07) is 5.50. The van der Waals surface area contributed by atoms with E-state index < -0.39 is 0 Å². The van der Waals surface area contributed by atoms with E-state index >= 15 is 0 Å². The summed E-state index contributed by atoms with van der Waals surface area (Å²) in [7, 11) is 0. The van der Waals surface area contributed by atoms with Crippen molar-refractivity contribution < 1.29 is 14.2 Å². The summed E-state index contributed by atoms with van der Waals surface area (Å²) in [4.78, 5) is 4.13. The van der Waals surface area contributed by atoms with Crippen LogP contribution in [0.3, 0.4) is 0 Å². The highest BCUT2D eigenvalue weighted by Gasteiger charge is 2.13. The third-order valence-corrected chi connectivity index (χ3v) is 2.53. The Kier molecular flexibility index (Phi) is 4.72. The molecule has 0 spiro atoms. The predicted octanol–water partition coefficient (Wildman–Crippen LogP) is 1.11. The van der Waals surface area contributed by atoms with Gasteiger partial charge in [0.25, 0.3) is 0 Å². The molecule has 104 valence electrons. The molecule has 1 heterocycles. The van der Waals surface area contributed by atoms with E-state index in [-0.39, 0.29) is 6.79 Å². The molecule has 1 aromatic rings. The molecule has 2 rings (SSSR count). The molecule has 6 heteroatoms. The lowest BCUT2D eigenvalue weighted by Gasteiger charge is -2.08. The third kappa shape index (κ3) is 3.94. The Morgan fingerprint density at radius 3 is 3.11 bits per heavy atom. The predicted molar refractivity (Wildman–Crippen MR) is 72.8 cm³/mol. The van der Waals surface area contributed by atoms with Crippen LogP contribution in [0, 0.1) is 0 Å². The molecule has 1 aliphatic rings. The van der Waals surface area contributed by atoms with Gasteiger partial charge in [-0.1, -0.05) is 6.92 Å². The first-order valence-electron chi connectivity index (χ1n) is 6.36. The van der Waals surface area contributed by atoms with Crippen molar-refractivity contribution in [3.63, 3.8) is 0 Å². The lowest BCUT2D eigenvalue weighted by Crippen LogP contribution is -2.34. The van der Waals surface area contributed by atoms with Gasteiger partial charge in [-0.3, -0.25) is 4.99 Å². The van der Waals surface area contributed by atoms with Crippen LogP contribution in [-0.2, 0) is 0 Å². The quantitative estimate of drug-likeness (QED) is 0.457. The maximum atomic E-state index is 5.66. The zero-order valence-corrected chi connectivity index (χ0v) is 11.0. The number of rotatable bonds is 6. The van der Waals surface area contributed by atoms with Gasteiger partial charge in [-0.05, 0) is 18.6 Å². The van der Waals surface area contributed by atoms with Crippen LogP contribution in [0.25, 0.3) is 0 Å². The maximum absolute atomic E-state index is 5.66. The Hall–Kier alpha value is -2.11. The number of hydrogen-bond donors (Lipinski definition) is 2. The van der Waals surface area contributed by atoms with Crippen LogP contribution in [-0.4, -0.2) is 32.4 Å². The van der Waals surface area contributed by atoms with E-state index in [1.165, 1.54) is 0 Å². The third-order valence-electron chi connectivity index (χ3n) is 2.53. The van der Waals surface area contributed by atoms with Crippen molar-refractivity contribution in [2.45, 2.75) is 13.3 Å². The van der Waals surface area contributed by atoms with E-state index in [2.05, 4.69) is 17.2 Å². The van der Waals surface area contributed by atoms with E-state index in [9.17, 15) is 0 Å². The van der Waals surface area contributed by atoms with Gasteiger partial charge in [0, 0.05) is 12.6 Å². The highest BCUT2D eigenvalue weighted by Crippen LogP contribution is 2.34. The van der Waals surface area contributed by atoms with Crippen molar-refractivity contribution in [1.29, 1.82) is 0 Å². The van der Waals surface area contributed by atoms with E-state index in [0.29, 0.717) is 19.1 Å². The molecule has 0 unspecified atom stereocenters. The van der Waals surface area contributed by atoms with E-state index in [1.807, 2.05) is 18.2 Å². The smallest absolute Gasteiger partial charge is 0.231 e. The lowest BCUT2D eigenvalue weighted by molar-refractivity contribution is 0.173. The number of fused-ring (bicyclic) bond motifs is 1. The molecule has 0 aromatic heterocycles. The van der Waals surface area contributed by atoms with Crippen molar-refractivity contribution >= 4 is 5.96 Å². The minimum atomic E-state index is 0.269. The number of nitrogens with zero attached hydrogens (tertiary/aromatic N) is 1. The van der Waals surface area contributed by atoms with Crippen LogP contribution >= 0.6 is 0 Å². The van der Waals surface area contributed by atoms with Gasteiger partial charge in [-0.2, -0.15) is 0 Å². The first-order valence-corrected chi connectivity index (χ1v) is 6.36. The molecule has 1 aliphatic heterocycles. The second kappa shape index (κ2) is 6.72. The maximum Gasteiger partial charge on any atom is 0.231 e. The number of hydrogen-bond acceptors (Lipinski definition) is 4. The fraction of sp³-hybridized carbons (Fsp3) is 0.462. The molecule has 0 bridgehead atoms. The van der Waals surface area contributed by atoms with Gasteiger partial charge < -0.3 is 25.3 Å². The minimum absolute atomic E-state index is 0.269. The van der Waals surface area contributed by atoms with E-state index in [1.54, 1.807) is 0 Å². The molecule has 0 saturated carbocycles. The molecule has 0 saturated heterocycles. The summed E-state index contributed by atoms with van der Waals surface area (Å²) < 4.78 is 16.1. The Morgan fingerprint density at radius 2 is 2.26 bits per heavy atom. The van der Waals surface area contributed by atoms with Gasteiger partial charge in [0.1, 0.15) is 12.4 Å². The fourth-order valence-corrected chi connectivity index (χ4v) is 1.60. The van der Waals surface area contributed by atoms with Crippen LogP contribution in [0.2, 0.25) is 0 Å². The molecule has 0 amide bonds. The molecule has 3 N–H and O–H groups in total. The summed E-state index contributed by atoms with van der Waals surface area (Å²) >= 11 is 0. The first-order chi connectivity index (χ1) is 9.29.